The summed E-state index contributed by atoms with van der Waals surface area (Å²) in [6.07, 6.45) is 5.28. The molecule has 0 aliphatic heterocycles. The lowest BCUT2D eigenvalue weighted by atomic mass is 10.1. The second kappa shape index (κ2) is 4.31. The fraction of sp³-hybridized carbons (Fsp3) is 0.231. The van der Waals surface area contributed by atoms with Gasteiger partial charge in [-0.3, -0.25) is 9.59 Å². The van der Waals surface area contributed by atoms with E-state index in [4.69, 9.17) is 5.73 Å². The van der Waals surface area contributed by atoms with Crippen LogP contribution in [-0.2, 0) is 11.2 Å². The highest BCUT2D eigenvalue weighted by Gasteiger charge is 2.18. The molecule has 1 aliphatic rings. The Hall–Kier alpha value is -1.90. The number of benzene rings is 1. The molecule has 3 heteroatoms. The minimum absolute atomic E-state index is 0.225. The molecular formula is C13H13NO2. The molecule has 1 aromatic rings. The number of Topliss-reactive ketones (excluding diaryl/α,β-unsaturated/α-hetero) is 1. The Labute approximate surface area is 94.0 Å². The van der Waals surface area contributed by atoms with Crippen LogP contribution in [0.2, 0.25) is 0 Å². The molecule has 3 nitrogen and oxygen atoms in total. The molecule has 2 rings (SSSR count). The summed E-state index contributed by atoms with van der Waals surface area (Å²) >= 11 is 0. The number of fused-ring (bicyclic) bond motifs is 1. The van der Waals surface area contributed by atoms with Crippen molar-refractivity contribution in [2.75, 3.05) is 0 Å². The molecule has 0 unspecified atom stereocenters. The van der Waals surface area contributed by atoms with Crippen molar-refractivity contribution < 1.29 is 9.59 Å². The van der Waals surface area contributed by atoms with Crippen molar-refractivity contribution in [1.29, 1.82) is 0 Å². The number of ketones is 1. The van der Waals surface area contributed by atoms with E-state index in [0.717, 1.165) is 23.1 Å². The van der Waals surface area contributed by atoms with E-state index in [1.165, 1.54) is 0 Å². The molecule has 0 radical (unpaired) electrons. The standard InChI is InChI=1S/C13H13NO2/c14-13(16)3-1-2-9-4-6-11-10(8-9)5-7-12(11)15/h1-2,4,6,8H,3,5,7H2,(H2,14,16). The van der Waals surface area contributed by atoms with Crippen LogP contribution in [0, 0.1) is 0 Å². The van der Waals surface area contributed by atoms with Crippen LogP contribution >= 0.6 is 0 Å². The highest BCUT2D eigenvalue weighted by atomic mass is 16.1. The molecule has 0 aromatic heterocycles. The average Bonchev–Trinajstić information content (AvgIpc) is 2.60. The Balaban J connectivity index is 2.16. The van der Waals surface area contributed by atoms with Crippen molar-refractivity contribution in [3.05, 3.63) is 41.0 Å². The van der Waals surface area contributed by atoms with Crippen LogP contribution < -0.4 is 5.73 Å². The van der Waals surface area contributed by atoms with Crippen molar-refractivity contribution in [3.8, 4) is 0 Å². The summed E-state index contributed by atoms with van der Waals surface area (Å²) in [5, 5.41) is 0. The van der Waals surface area contributed by atoms with Gasteiger partial charge in [0.15, 0.2) is 5.78 Å². The van der Waals surface area contributed by atoms with Crippen LogP contribution in [0.5, 0.6) is 0 Å². The maximum Gasteiger partial charge on any atom is 0.221 e. The number of aryl methyl sites for hydroxylation is 1. The number of hydrogen-bond acceptors (Lipinski definition) is 2. The van der Waals surface area contributed by atoms with Crippen LogP contribution in [0.15, 0.2) is 24.3 Å². The Morgan fingerprint density at radius 3 is 2.94 bits per heavy atom. The van der Waals surface area contributed by atoms with Crippen LogP contribution in [0.25, 0.3) is 6.08 Å². The number of rotatable bonds is 3. The molecular weight excluding hydrogens is 202 g/mol. The van der Waals surface area contributed by atoms with Gasteiger partial charge in [0.2, 0.25) is 5.91 Å². The average molecular weight is 215 g/mol. The van der Waals surface area contributed by atoms with Crippen LogP contribution in [-0.4, -0.2) is 11.7 Å². The van der Waals surface area contributed by atoms with E-state index in [2.05, 4.69) is 0 Å². The number of carbonyl (C=O) groups is 2. The monoisotopic (exact) mass is 215 g/mol. The van der Waals surface area contributed by atoms with Gasteiger partial charge in [-0.25, -0.2) is 0 Å². The summed E-state index contributed by atoms with van der Waals surface area (Å²) in [4.78, 5) is 21.9. The third-order valence-corrected chi connectivity index (χ3v) is 2.68. The Morgan fingerprint density at radius 1 is 1.38 bits per heavy atom. The van der Waals surface area contributed by atoms with Gasteiger partial charge < -0.3 is 5.73 Å². The normalized spacial score (nSPS) is 14.4. The van der Waals surface area contributed by atoms with Crippen LogP contribution in [0.3, 0.4) is 0 Å². The second-order valence-electron chi connectivity index (χ2n) is 3.91. The Kier molecular flexibility index (Phi) is 2.86. The van der Waals surface area contributed by atoms with Gasteiger partial charge in [0.1, 0.15) is 0 Å². The lowest BCUT2D eigenvalue weighted by Gasteiger charge is -1.99. The summed E-state index contributed by atoms with van der Waals surface area (Å²) in [5.74, 6) is -0.116. The van der Waals surface area contributed by atoms with Gasteiger partial charge in [-0.15, -0.1) is 0 Å². The molecule has 0 spiro atoms. The molecule has 1 aromatic carbocycles. The fourth-order valence-electron chi connectivity index (χ4n) is 1.89. The molecule has 0 heterocycles. The SMILES string of the molecule is NC(=O)CC=Cc1ccc2c(c1)CCC2=O. The van der Waals surface area contributed by atoms with Crippen molar-refractivity contribution in [2.24, 2.45) is 5.73 Å². The number of amides is 1. The molecule has 0 bridgehead atoms. The summed E-state index contributed by atoms with van der Waals surface area (Å²) in [7, 11) is 0. The number of primary amides is 1. The zero-order valence-electron chi connectivity index (χ0n) is 8.90. The molecule has 82 valence electrons. The number of nitrogens with two attached hydrogens (primary N) is 1. The van der Waals surface area contributed by atoms with E-state index in [0.29, 0.717) is 6.42 Å². The Morgan fingerprint density at radius 2 is 2.19 bits per heavy atom. The number of carbonyl (C=O) groups excluding carboxylic acids is 2. The van der Waals surface area contributed by atoms with E-state index in [1.807, 2.05) is 24.3 Å². The van der Waals surface area contributed by atoms with Crippen LogP contribution in [0.4, 0.5) is 0 Å². The van der Waals surface area contributed by atoms with Gasteiger partial charge in [-0.05, 0) is 17.5 Å². The van der Waals surface area contributed by atoms with Gasteiger partial charge in [0.05, 0.1) is 0 Å². The molecule has 0 saturated heterocycles. The zero-order valence-corrected chi connectivity index (χ0v) is 8.90. The van der Waals surface area contributed by atoms with Gasteiger partial charge in [-0.1, -0.05) is 30.4 Å². The first-order valence-corrected chi connectivity index (χ1v) is 5.28. The van der Waals surface area contributed by atoms with E-state index in [1.54, 1.807) is 6.08 Å². The largest absolute Gasteiger partial charge is 0.369 e. The van der Waals surface area contributed by atoms with Gasteiger partial charge >= 0.3 is 0 Å². The van der Waals surface area contributed by atoms with Crippen molar-refractivity contribution in [2.45, 2.75) is 19.3 Å². The lowest BCUT2D eigenvalue weighted by Crippen LogP contribution is -2.07. The van der Waals surface area contributed by atoms with E-state index in [-0.39, 0.29) is 18.1 Å². The predicted octanol–water partition coefficient (Wildman–Crippen LogP) is 1.70. The number of hydrogen-bond donors (Lipinski definition) is 1. The highest BCUT2D eigenvalue weighted by molar-refractivity contribution is 6.00. The second-order valence-corrected chi connectivity index (χ2v) is 3.91. The summed E-state index contributed by atoms with van der Waals surface area (Å²) in [5.41, 5.74) is 7.98. The molecule has 0 atom stereocenters. The molecule has 1 aliphatic carbocycles. The highest BCUT2D eigenvalue weighted by Crippen LogP contribution is 2.23. The lowest BCUT2D eigenvalue weighted by molar-refractivity contribution is -0.117. The van der Waals surface area contributed by atoms with Crippen molar-refractivity contribution in [1.82, 2.24) is 0 Å². The van der Waals surface area contributed by atoms with Crippen molar-refractivity contribution >= 4 is 17.8 Å². The quantitative estimate of drug-likeness (QED) is 0.834. The molecule has 1 amide bonds. The zero-order chi connectivity index (χ0) is 11.5. The minimum atomic E-state index is -0.340. The summed E-state index contributed by atoms with van der Waals surface area (Å²) < 4.78 is 0. The molecule has 0 fully saturated rings. The molecule has 16 heavy (non-hydrogen) atoms. The van der Waals surface area contributed by atoms with E-state index >= 15 is 0 Å². The smallest absolute Gasteiger partial charge is 0.221 e. The minimum Gasteiger partial charge on any atom is -0.369 e. The molecule has 2 N–H and O–H groups in total. The first-order valence-electron chi connectivity index (χ1n) is 5.28. The fourth-order valence-corrected chi connectivity index (χ4v) is 1.89. The van der Waals surface area contributed by atoms with Crippen LogP contribution in [0.1, 0.15) is 34.3 Å². The summed E-state index contributed by atoms with van der Waals surface area (Å²) in [6, 6.07) is 5.74. The van der Waals surface area contributed by atoms with E-state index < -0.39 is 0 Å². The Bertz CT molecular complexity index is 475. The van der Waals surface area contributed by atoms with E-state index in [9.17, 15) is 9.59 Å². The molecule has 0 saturated carbocycles. The van der Waals surface area contributed by atoms with Crippen molar-refractivity contribution in [3.63, 3.8) is 0 Å². The summed E-state index contributed by atoms with van der Waals surface area (Å²) in [6.45, 7) is 0. The topological polar surface area (TPSA) is 60.2 Å². The predicted molar refractivity (Wildman–Crippen MR) is 61.9 cm³/mol. The van der Waals surface area contributed by atoms with Gasteiger partial charge in [-0.2, -0.15) is 0 Å². The third-order valence-electron chi connectivity index (χ3n) is 2.68. The van der Waals surface area contributed by atoms with Gasteiger partial charge in [0.25, 0.3) is 0 Å². The third kappa shape index (κ3) is 2.19. The first kappa shape index (κ1) is 10.6. The van der Waals surface area contributed by atoms with Gasteiger partial charge in [0, 0.05) is 18.4 Å². The maximum atomic E-state index is 11.4. The first-order chi connectivity index (χ1) is 7.66. The maximum absolute atomic E-state index is 11.4.